The van der Waals surface area contributed by atoms with Gasteiger partial charge in [0.1, 0.15) is 5.82 Å². The molecular formula is C21H24ClFN4O. The van der Waals surface area contributed by atoms with Gasteiger partial charge in [-0.25, -0.2) is 9.18 Å². The fourth-order valence-electron chi connectivity index (χ4n) is 3.94. The number of hydrogen-bond donors (Lipinski definition) is 2. The summed E-state index contributed by atoms with van der Waals surface area (Å²) in [5, 5.41) is 4.04. The Morgan fingerprint density at radius 1 is 1.14 bits per heavy atom. The minimum atomic E-state index is -0.205. The van der Waals surface area contributed by atoms with Crippen LogP contribution in [0.4, 0.5) is 4.39 Å². The van der Waals surface area contributed by atoms with Crippen LogP contribution in [-0.2, 0) is 6.54 Å². The van der Waals surface area contributed by atoms with Crippen LogP contribution in [0.1, 0.15) is 24.4 Å². The molecule has 0 aliphatic carbocycles. The molecule has 0 bridgehead atoms. The van der Waals surface area contributed by atoms with E-state index in [1.165, 1.54) is 12.1 Å². The van der Waals surface area contributed by atoms with Crippen molar-refractivity contribution in [1.29, 1.82) is 0 Å². The summed E-state index contributed by atoms with van der Waals surface area (Å²) >= 11 is 6.03. The van der Waals surface area contributed by atoms with Crippen molar-refractivity contribution in [1.82, 2.24) is 19.8 Å². The number of piperidine rings is 1. The SMILES string of the molecule is O=c1[nH]c2cc(Cl)ccc2n1C1CCN(CCNCc2ccc(F)cc2)CC1. The van der Waals surface area contributed by atoms with E-state index in [0.717, 1.165) is 62.2 Å². The maximum atomic E-state index is 12.9. The van der Waals surface area contributed by atoms with Crippen LogP contribution < -0.4 is 11.0 Å². The Labute approximate surface area is 168 Å². The topological polar surface area (TPSA) is 53.1 Å². The van der Waals surface area contributed by atoms with Crippen LogP contribution >= 0.6 is 11.6 Å². The number of nitrogens with one attached hydrogen (secondary N) is 2. The molecule has 0 spiro atoms. The number of aromatic nitrogens is 2. The van der Waals surface area contributed by atoms with Crippen molar-refractivity contribution in [2.45, 2.75) is 25.4 Å². The normalized spacial score (nSPS) is 16.1. The molecule has 3 aromatic rings. The van der Waals surface area contributed by atoms with Gasteiger partial charge < -0.3 is 15.2 Å². The quantitative estimate of drug-likeness (QED) is 0.620. The Hall–Kier alpha value is -2.15. The van der Waals surface area contributed by atoms with Crippen LogP contribution in [0.2, 0.25) is 5.02 Å². The number of benzene rings is 2. The van der Waals surface area contributed by atoms with Crippen molar-refractivity contribution >= 4 is 22.6 Å². The molecule has 1 saturated heterocycles. The molecule has 0 amide bonds. The molecule has 4 rings (SSSR count). The Balaban J connectivity index is 1.27. The van der Waals surface area contributed by atoms with E-state index >= 15 is 0 Å². The Morgan fingerprint density at radius 3 is 2.64 bits per heavy atom. The zero-order valence-electron chi connectivity index (χ0n) is 15.6. The number of halogens is 2. The minimum absolute atomic E-state index is 0.0586. The van der Waals surface area contributed by atoms with E-state index in [2.05, 4.69) is 15.2 Å². The first-order chi connectivity index (χ1) is 13.6. The molecule has 1 aromatic heterocycles. The lowest BCUT2D eigenvalue weighted by atomic mass is 10.0. The summed E-state index contributed by atoms with van der Waals surface area (Å²) in [4.78, 5) is 17.7. The number of hydrogen-bond acceptors (Lipinski definition) is 3. The van der Waals surface area contributed by atoms with E-state index in [1.807, 2.05) is 16.7 Å². The minimum Gasteiger partial charge on any atom is -0.311 e. The van der Waals surface area contributed by atoms with Crippen molar-refractivity contribution < 1.29 is 4.39 Å². The summed E-state index contributed by atoms with van der Waals surface area (Å²) in [6.07, 6.45) is 1.90. The number of H-pyrrole nitrogens is 1. The van der Waals surface area contributed by atoms with E-state index in [9.17, 15) is 9.18 Å². The van der Waals surface area contributed by atoms with Crippen molar-refractivity contribution in [3.05, 3.63) is 69.4 Å². The molecule has 2 aromatic carbocycles. The van der Waals surface area contributed by atoms with Crippen LogP contribution in [0.15, 0.2) is 47.3 Å². The number of imidazole rings is 1. The highest BCUT2D eigenvalue weighted by Gasteiger charge is 2.23. The number of aromatic amines is 1. The molecular weight excluding hydrogens is 379 g/mol. The zero-order valence-corrected chi connectivity index (χ0v) is 16.4. The standard InChI is InChI=1S/C21H24ClFN4O/c22-16-3-6-20-19(13-16)25-21(28)27(20)18-7-10-26(11-8-18)12-9-24-14-15-1-4-17(23)5-2-15/h1-6,13,18,24H,7-12,14H2,(H,25,28). The largest absolute Gasteiger partial charge is 0.326 e. The number of rotatable bonds is 6. The molecule has 28 heavy (non-hydrogen) atoms. The average Bonchev–Trinajstić information content (AvgIpc) is 3.02. The van der Waals surface area contributed by atoms with Gasteiger partial charge in [0.05, 0.1) is 11.0 Å². The highest BCUT2D eigenvalue weighted by Crippen LogP contribution is 2.25. The van der Waals surface area contributed by atoms with Gasteiger partial charge in [-0.1, -0.05) is 23.7 Å². The van der Waals surface area contributed by atoms with Gasteiger partial charge in [-0.3, -0.25) is 4.57 Å². The van der Waals surface area contributed by atoms with Crippen LogP contribution in [-0.4, -0.2) is 40.6 Å². The van der Waals surface area contributed by atoms with Gasteiger partial charge in [-0.2, -0.15) is 0 Å². The van der Waals surface area contributed by atoms with Gasteiger partial charge in [-0.05, 0) is 48.7 Å². The first-order valence-electron chi connectivity index (χ1n) is 9.67. The van der Waals surface area contributed by atoms with Gasteiger partial charge >= 0.3 is 5.69 Å². The highest BCUT2D eigenvalue weighted by molar-refractivity contribution is 6.31. The molecule has 148 valence electrons. The van der Waals surface area contributed by atoms with Crippen LogP contribution in [0, 0.1) is 5.82 Å². The second kappa shape index (κ2) is 8.47. The van der Waals surface area contributed by atoms with E-state index in [0.29, 0.717) is 5.02 Å². The van der Waals surface area contributed by atoms with Gasteiger partial charge in [0.15, 0.2) is 0 Å². The van der Waals surface area contributed by atoms with Gasteiger partial charge in [0.2, 0.25) is 0 Å². The van der Waals surface area contributed by atoms with Crippen molar-refractivity contribution in [3.63, 3.8) is 0 Å². The summed E-state index contributed by atoms with van der Waals surface area (Å²) in [6, 6.07) is 12.4. The van der Waals surface area contributed by atoms with Gasteiger partial charge in [0.25, 0.3) is 0 Å². The summed E-state index contributed by atoms with van der Waals surface area (Å²) in [6.45, 7) is 4.52. The summed E-state index contributed by atoms with van der Waals surface area (Å²) < 4.78 is 14.8. The molecule has 2 heterocycles. The van der Waals surface area contributed by atoms with Crippen molar-refractivity contribution in [2.24, 2.45) is 0 Å². The lowest BCUT2D eigenvalue weighted by molar-refractivity contribution is 0.187. The van der Waals surface area contributed by atoms with Crippen LogP contribution in [0.25, 0.3) is 11.0 Å². The second-order valence-electron chi connectivity index (χ2n) is 7.34. The first kappa shape index (κ1) is 19.2. The molecule has 1 aliphatic rings. The number of fused-ring (bicyclic) bond motifs is 1. The maximum Gasteiger partial charge on any atom is 0.326 e. The second-order valence-corrected chi connectivity index (χ2v) is 7.77. The zero-order chi connectivity index (χ0) is 19.5. The monoisotopic (exact) mass is 402 g/mol. The van der Waals surface area contributed by atoms with Crippen LogP contribution in [0.5, 0.6) is 0 Å². The first-order valence-corrected chi connectivity index (χ1v) is 10.1. The number of nitrogens with zero attached hydrogens (tertiary/aromatic N) is 2. The molecule has 7 heteroatoms. The molecule has 0 saturated carbocycles. The number of likely N-dealkylation sites (tertiary alicyclic amines) is 1. The van der Waals surface area contributed by atoms with E-state index < -0.39 is 0 Å². The smallest absolute Gasteiger partial charge is 0.311 e. The lowest BCUT2D eigenvalue weighted by Crippen LogP contribution is -2.40. The Bertz CT molecular complexity index is 990. The van der Waals surface area contributed by atoms with Crippen molar-refractivity contribution in [2.75, 3.05) is 26.2 Å². The third-order valence-corrected chi connectivity index (χ3v) is 5.68. The lowest BCUT2D eigenvalue weighted by Gasteiger charge is -2.32. The molecule has 5 nitrogen and oxygen atoms in total. The summed E-state index contributed by atoms with van der Waals surface area (Å²) in [5.41, 5.74) is 2.74. The van der Waals surface area contributed by atoms with Gasteiger partial charge in [0, 0.05) is 43.8 Å². The Morgan fingerprint density at radius 2 is 1.89 bits per heavy atom. The highest BCUT2D eigenvalue weighted by atomic mass is 35.5. The molecule has 0 radical (unpaired) electrons. The summed E-state index contributed by atoms with van der Waals surface area (Å²) in [5.74, 6) is -0.205. The molecule has 2 N–H and O–H groups in total. The third kappa shape index (κ3) is 4.29. The third-order valence-electron chi connectivity index (χ3n) is 5.45. The van der Waals surface area contributed by atoms with Crippen molar-refractivity contribution in [3.8, 4) is 0 Å². The van der Waals surface area contributed by atoms with Crippen LogP contribution in [0.3, 0.4) is 0 Å². The fraction of sp³-hybridized carbons (Fsp3) is 0.381. The molecule has 0 unspecified atom stereocenters. The van der Waals surface area contributed by atoms with Gasteiger partial charge in [-0.15, -0.1) is 0 Å². The molecule has 1 aliphatic heterocycles. The Kier molecular flexibility index (Phi) is 5.80. The maximum absolute atomic E-state index is 12.9. The van der Waals surface area contributed by atoms with E-state index in [-0.39, 0.29) is 17.5 Å². The average molecular weight is 403 g/mol. The summed E-state index contributed by atoms with van der Waals surface area (Å²) in [7, 11) is 0. The fourth-order valence-corrected chi connectivity index (χ4v) is 4.11. The molecule has 0 atom stereocenters. The molecule has 1 fully saturated rings. The van der Waals surface area contributed by atoms with E-state index in [1.54, 1.807) is 18.2 Å². The van der Waals surface area contributed by atoms with E-state index in [4.69, 9.17) is 11.6 Å². The predicted molar refractivity (Wildman–Crippen MR) is 110 cm³/mol. The predicted octanol–water partition coefficient (Wildman–Crippen LogP) is 3.55.